The van der Waals surface area contributed by atoms with Crippen molar-refractivity contribution in [3.8, 4) is 23.1 Å². The van der Waals surface area contributed by atoms with Crippen LogP contribution in [-0.2, 0) is 11.3 Å². The summed E-state index contributed by atoms with van der Waals surface area (Å²) in [4.78, 5) is 12.6. The lowest BCUT2D eigenvalue weighted by Crippen LogP contribution is -2.13. The standard InChI is InChI=1S/C21H19N3O3/c1-15(12-22)27-21(25)18-14-24(13-16-8-4-3-5-9-16)23-20(18)17-10-6-7-11-19(17)26-2/h3-11,14-15H,13H2,1-2H3/t15-/m0/s1. The summed E-state index contributed by atoms with van der Waals surface area (Å²) in [5.41, 5.74) is 2.48. The van der Waals surface area contributed by atoms with Gasteiger partial charge in [0.2, 0.25) is 0 Å². The molecule has 0 N–H and O–H groups in total. The first-order valence-electron chi connectivity index (χ1n) is 8.47. The number of aromatic nitrogens is 2. The molecule has 0 aliphatic carbocycles. The van der Waals surface area contributed by atoms with Gasteiger partial charge in [-0.3, -0.25) is 4.68 Å². The van der Waals surface area contributed by atoms with E-state index in [1.807, 2.05) is 54.6 Å². The molecule has 0 unspecified atom stereocenters. The number of rotatable bonds is 6. The first-order valence-corrected chi connectivity index (χ1v) is 8.47. The lowest BCUT2D eigenvalue weighted by molar-refractivity contribution is 0.0436. The predicted molar refractivity (Wildman–Crippen MR) is 100 cm³/mol. The molecule has 6 heteroatoms. The van der Waals surface area contributed by atoms with Crippen molar-refractivity contribution in [2.45, 2.75) is 19.6 Å². The van der Waals surface area contributed by atoms with Crippen LogP contribution in [0.5, 0.6) is 5.75 Å². The average molecular weight is 361 g/mol. The third kappa shape index (κ3) is 4.15. The molecule has 2 aromatic carbocycles. The molecule has 0 spiro atoms. The van der Waals surface area contributed by atoms with Crippen LogP contribution >= 0.6 is 0 Å². The van der Waals surface area contributed by atoms with E-state index in [0.29, 0.717) is 23.6 Å². The van der Waals surface area contributed by atoms with Crippen LogP contribution in [-0.4, -0.2) is 29.0 Å². The summed E-state index contributed by atoms with van der Waals surface area (Å²) in [7, 11) is 1.57. The fourth-order valence-electron chi connectivity index (χ4n) is 2.71. The molecule has 0 saturated heterocycles. The molecule has 3 rings (SSSR count). The molecule has 27 heavy (non-hydrogen) atoms. The van der Waals surface area contributed by atoms with Gasteiger partial charge in [0.25, 0.3) is 0 Å². The summed E-state index contributed by atoms with van der Waals surface area (Å²) in [5.74, 6) is 0.00844. The number of carbonyl (C=O) groups is 1. The number of benzene rings is 2. The van der Waals surface area contributed by atoms with E-state index in [4.69, 9.17) is 14.7 Å². The second-order valence-electron chi connectivity index (χ2n) is 5.95. The lowest BCUT2D eigenvalue weighted by Gasteiger charge is -2.08. The molecule has 0 aliphatic rings. The van der Waals surface area contributed by atoms with E-state index < -0.39 is 12.1 Å². The van der Waals surface area contributed by atoms with Crippen molar-refractivity contribution in [3.05, 3.63) is 71.9 Å². The average Bonchev–Trinajstić information content (AvgIpc) is 3.12. The van der Waals surface area contributed by atoms with Crippen molar-refractivity contribution in [1.29, 1.82) is 5.26 Å². The molecule has 1 atom stereocenters. The topological polar surface area (TPSA) is 77.1 Å². The van der Waals surface area contributed by atoms with Crippen molar-refractivity contribution < 1.29 is 14.3 Å². The Morgan fingerprint density at radius 1 is 1.19 bits per heavy atom. The Kier molecular flexibility index (Phi) is 5.53. The van der Waals surface area contributed by atoms with Crippen LogP contribution < -0.4 is 4.74 Å². The minimum atomic E-state index is -0.847. The van der Waals surface area contributed by atoms with Crippen molar-refractivity contribution in [3.63, 3.8) is 0 Å². The highest BCUT2D eigenvalue weighted by molar-refractivity contribution is 5.97. The Bertz CT molecular complexity index is 974. The minimum absolute atomic E-state index is 0.289. The largest absolute Gasteiger partial charge is 0.496 e. The summed E-state index contributed by atoms with van der Waals surface area (Å²) < 4.78 is 12.3. The molecule has 0 bridgehead atoms. The Hall–Kier alpha value is -3.59. The zero-order chi connectivity index (χ0) is 19.2. The summed E-state index contributed by atoms with van der Waals surface area (Å²) >= 11 is 0. The minimum Gasteiger partial charge on any atom is -0.496 e. The van der Waals surface area contributed by atoms with Gasteiger partial charge in [-0.25, -0.2) is 4.79 Å². The molecule has 0 saturated carbocycles. The van der Waals surface area contributed by atoms with Crippen molar-refractivity contribution in [2.24, 2.45) is 0 Å². The monoisotopic (exact) mass is 361 g/mol. The molecular formula is C21H19N3O3. The van der Waals surface area contributed by atoms with Crippen molar-refractivity contribution in [1.82, 2.24) is 9.78 Å². The first kappa shape index (κ1) is 18.2. The number of methoxy groups -OCH3 is 1. The van der Waals surface area contributed by atoms with Gasteiger partial charge in [0.05, 0.1) is 13.7 Å². The fourth-order valence-corrected chi connectivity index (χ4v) is 2.71. The molecule has 1 heterocycles. The number of ether oxygens (including phenoxy) is 2. The number of esters is 1. The molecule has 0 amide bonds. The van der Waals surface area contributed by atoms with Gasteiger partial charge in [0.1, 0.15) is 23.1 Å². The summed E-state index contributed by atoms with van der Waals surface area (Å²) in [5, 5.41) is 13.5. The molecule has 136 valence electrons. The van der Waals surface area contributed by atoms with Crippen LogP contribution in [0.2, 0.25) is 0 Å². The second-order valence-corrected chi connectivity index (χ2v) is 5.95. The third-order valence-corrected chi connectivity index (χ3v) is 4.00. The molecular weight excluding hydrogens is 342 g/mol. The van der Waals surface area contributed by atoms with Crippen LogP contribution in [0, 0.1) is 11.3 Å². The number of para-hydroxylation sites is 1. The first-order chi connectivity index (χ1) is 13.1. The highest BCUT2D eigenvalue weighted by Crippen LogP contribution is 2.31. The number of nitrogens with zero attached hydrogens (tertiary/aromatic N) is 3. The van der Waals surface area contributed by atoms with Gasteiger partial charge in [-0.1, -0.05) is 42.5 Å². The maximum atomic E-state index is 12.6. The van der Waals surface area contributed by atoms with E-state index in [9.17, 15) is 4.79 Å². The van der Waals surface area contributed by atoms with E-state index in [2.05, 4.69) is 5.10 Å². The molecule has 3 aromatic rings. The summed E-state index contributed by atoms with van der Waals surface area (Å²) in [6, 6.07) is 19.0. The molecule has 0 aliphatic heterocycles. The lowest BCUT2D eigenvalue weighted by atomic mass is 10.1. The van der Waals surface area contributed by atoms with Gasteiger partial charge >= 0.3 is 5.97 Å². The maximum absolute atomic E-state index is 12.6. The van der Waals surface area contributed by atoms with Crippen LogP contribution in [0.15, 0.2) is 60.8 Å². The van der Waals surface area contributed by atoms with Gasteiger partial charge < -0.3 is 9.47 Å². The molecule has 0 fully saturated rings. The van der Waals surface area contributed by atoms with Gasteiger partial charge in [-0.05, 0) is 24.6 Å². The van der Waals surface area contributed by atoms with Gasteiger partial charge in [0, 0.05) is 11.8 Å². The van der Waals surface area contributed by atoms with Crippen LogP contribution in [0.4, 0.5) is 0 Å². The third-order valence-electron chi connectivity index (χ3n) is 4.00. The van der Waals surface area contributed by atoms with E-state index in [0.717, 1.165) is 5.56 Å². The molecule has 6 nitrogen and oxygen atoms in total. The summed E-state index contributed by atoms with van der Waals surface area (Å²) in [6.07, 6.45) is 0.793. The zero-order valence-corrected chi connectivity index (χ0v) is 15.1. The zero-order valence-electron chi connectivity index (χ0n) is 15.1. The number of carbonyl (C=O) groups excluding carboxylic acids is 1. The van der Waals surface area contributed by atoms with Crippen LogP contribution in [0.25, 0.3) is 11.3 Å². The predicted octanol–water partition coefficient (Wildman–Crippen LogP) is 3.68. The second kappa shape index (κ2) is 8.19. The van der Waals surface area contributed by atoms with Gasteiger partial charge in [-0.15, -0.1) is 0 Å². The Morgan fingerprint density at radius 3 is 2.59 bits per heavy atom. The quantitative estimate of drug-likeness (QED) is 0.626. The number of nitriles is 1. The Balaban J connectivity index is 2.04. The highest BCUT2D eigenvalue weighted by atomic mass is 16.5. The number of hydrogen-bond acceptors (Lipinski definition) is 5. The van der Waals surface area contributed by atoms with Gasteiger partial charge in [-0.2, -0.15) is 10.4 Å². The SMILES string of the molecule is COc1ccccc1-c1nn(Cc2ccccc2)cc1C(=O)O[C@@H](C)C#N. The van der Waals surface area contributed by atoms with E-state index >= 15 is 0 Å². The van der Waals surface area contributed by atoms with E-state index in [1.165, 1.54) is 6.92 Å². The summed E-state index contributed by atoms with van der Waals surface area (Å²) in [6.45, 7) is 2.03. The van der Waals surface area contributed by atoms with E-state index in [1.54, 1.807) is 24.1 Å². The fraction of sp³-hybridized carbons (Fsp3) is 0.190. The van der Waals surface area contributed by atoms with Crippen LogP contribution in [0.3, 0.4) is 0 Å². The van der Waals surface area contributed by atoms with Crippen molar-refractivity contribution in [2.75, 3.05) is 7.11 Å². The van der Waals surface area contributed by atoms with Crippen molar-refractivity contribution >= 4 is 5.97 Å². The molecule has 1 aromatic heterocycles. The highest BCUT2D eigenvalue weighted by Gasteiger charge is 2.23. The smallest absolute Gasteiger partial charge is 0.343 e. The Morgan fingerprint density at radius 2 is 1.89 bits per heavy atom. The Labute approximate surface area is 157 Å². The van der Waals surface area contributed by atoms with Crippen LogP contribution in [0.1, 0.15) is 22.8 Å². The van der Waals surface area contributed by atoms with Gasteiger partial charge in [0.15, 0.2) is 6.10 Å². The number of hydrogen-bond donors (Lipinski definition) is 0. The maximum Gasteiger partial charge on any atom is 0.343 e. The van der Waals surface area contributed by atoms with E-state index in [-0.39, 0.29) is 5.56 Å². The molecule has 0 radical (unpaired) electrons. The normalized spacial score (nSPS) is 11.4.